The third kappa shape index (κ3) is 4.34. The summed E-state index contributed by atoms with van der Waals surface area (Å²) < 4.78 is 5.34. The Hall–Kier alpha value is -2.86. The molecule has 144 valence electrons. The second-order valence-corrected chi connectivity index (χ2v) is 7.25. The van der Waals surface area contributed by atoms with Crippen molar-refractivity contribution in [3.8, 4) is 0 Å². The third-order valence-corrected chi connectivity index (χ3v) is 4.99. The van der Waals surface area contributed by atoms with Crippen molar-refractivity contribution < 1.29 is 9.32 Å². The largest absolute Gasteiger partial charge is 0.375 e. The minimum absolute atomic E-state index is 0.00204. The number of nitrogens with zero attached hydrogens (tertiary/aromatic N) is 3. The van der Waals surface area contributed by atoms with E-state index in [-0.39, 0.29) is 5.91 Å². The second-order valence-electron chi connectivity index (χ2n) is 6.81. The summed E-state index contributed by atoms with van der Waals surface area (Å²) in [4.78, 5) is 19.1. The topological polar surface area (TPSA) is 71.3 Å². The van der Waals surface area contributed by atoms with Crippen molar-refractivity contribution in [2.75, 3.05) is 18.4 Å². The van der Waals surface area contributed by atoms with Gasteiger partial charge in [-0.25, -0.2) is 0 Å². The predicted octanol–water partition coefficient (Wildman–Crippen LogP) is 4.16. The van der Waals surface area contributed by atoms with Crippen molar-refractivity contribution in [2.45, 2.75) is 25.8 Å². The molecule has 1 aliphatic rings. The van der Waals surface area contributed by atoms with Gasteiger partial charge in [-0.05, 0) is 36.6 Å². The summed E-state index contributed by atoms with van der Waals surface area (Å²) in [6.45, 7) is 1.91. The molecule has 0 radical (unpaired) electrons. The van der Waals surface area contributed by atoms with Crippen LogP contribution in [0.25, 0.3) is 0 Å². The second kappa shape index (κ2) is 8.44. The molecular formula is C21H21ClN4O2. The lowest BCUT2D eigenvalue weighted by molar-refractivity contribution is 0.0793. The highest BCUT2D eigenvalue weighted by molar-refractivity contribution is 6.31. The van der Waals surface area contributed by atoms with Gasteiger partial charge in [0, 0.05) is 30.2 Å². The zero-order valence-electron chi connectivity index (χ0n) is 15.4. The number of halogens is 1. The van der Waals surface area contributed by atoms with E-state index in [1.165, 1.54) is 0 Å². The minimum Gasteiger partial charge on any atom is -0.375 e. The molecule has 0 atom stereocenters. The number of benzene rings is 2. The van der Waals surface area contributed by atoms with Crippen LogP contribution in [-0.4, -0.2) is 34.0 Å². The number of carbonyl (C=O) groups is 1. The first-order chi connectivity index (χ1) is 13.7. The normalized spacial score (nSPS) is 13.7. The van der Waals surface area contributed by atoms with Crippen molar-refractivity contribution in [1.82, 2.24) is 15.0 Å². The Morgan fingerprint density at radius 3 is 2.71 bits per heavy atom. The molecule has 2 heterocycles. The van der Waals surface area contributed by atoms with E-state index in [0.717, 1.165) is 31.5 Å². The van der Waals surface area contributed by atoms with Gasteiger partial charge in [0.15, 0.2) is 5.82 Å². The van der Waals surface area contributed by atoms with E-state index in [0.29, 0.717) is 41.0 Å². The summed E-state index contributed by atoms with van der Waals surface area (Å²) in [5.41, 5.74) is 2.40. The molecule has 0 unspecified atom stereocenters. The first-order valence-corrected chi connectivity index (χ1v) is 9.75. The number of hydrogen-bond donors (Lipinski definition) is 1. The average molecular weight is 397 g/mol. The lowest BCUT2D eigenvalue weighted by atomic mass is 10.1. The Kier molecular flexibility index (Phi) is 5.58. The van der Waals surface area contributed by atoms with Gasteiger partial charge in [-0.3, -0.25) is 4.79 Å². The van der Waals surface area contributed by atoms with E-state index in [2.05, 4.69) is 15.5 Å². The number of carbonyl (C=O) groups excluding carboxylic acids is 1. The molecule has 1 aliphatic heterocycles. The molecule has 1 aromatic heterocycles. The maximum atomic E-state index is 12.8. The van der Waals surface area contributed by atoms with Crippen LogP contribution in [0.15, 0.2) is 53.1 Å². The molecule has 0 saturated carbocycles. The Morgan fingerprint density at radius 1 is 1.14 bits per heavy atom. The molecule has 2 aromatic carbocycles. The average Bonchev–Trinajstić information content (AvgIpc) is 3.39. The summed E-state index contributed by atoms with van der Waals surface area (Å²) >= 11 is 6.13. The van der Waals surface area contributed by atoms with Gasteiger partial charge in [-0.2, -0.15) is 4.98 Å². The van der Waals surface area contributed by atoms with Gasteiger partial charge in [-0.15, -0.1) is 0 Å². The van der Waals surface area contributed by atoms with Crippen molar-refractivity contribution in [3.05, 3.63) is 76.4 Å². The van der Waals surface area contributed by atoms with Crippen molar-refractivity contribution >= 4 is 23.2 Å². The minimum atomic E-state index is -0.00204. The van der Waals surface area contributed by atoms with Gasteiger partial charge in [0.05, 0.1) is 12.1 Å². The molecule has 28 heavy (non-hydrogen) atoms. The van der Waals surface area contributed by atoms with E-state index in [1.54, 1.807) is 12.1 Å². The zero-order chi connectivity index (χ0) is 19.3. The molecular weight excluding hydrogens is 376 g/mol. The molecule has 4 rings (SSSR count). The first-order valence-electron chi connectivity index (χ1n) is 9.37. The number of anilines is 1. The highest BCUT2D eigenvalue weighted by Gasteiger charge is 2.22. The summed E-state index contributed by atoms with van der Waals surface area (Å²) in [7, 11) is 0. The molecule has 3 aromatic rings. The number of aromatic nitrogens is 2. The summed E-state index contributed by atoms with van der Waals surface area (Å²) in [6, 6.07) is 15.3. The maximum Gasteiger partial charge on any atom is 0.256 e. The van der Waals surface area contributed by atoms with Gasteiger partial charge in [0.25, 0.3) is 5.91 Å². The van der Waals surface area contributed by atoms with Gasteiger partial charge >= 0.3 is 0 Å². The summed E-state index contributed by atoms with van der Waals surface area (Å²) in [6.07, 6.45) is 2.70. The van der Waals surface area contributed by atoms with E-state index < -0.39 is 0 Å². The molecule has 1 N–H and O–H groups in total. The molecule has 0 spiro atoms. The van der Waals surface area contributed by atoms with Crippen LogP contribution in [0.3, 0.4) is 0 Å². The van der Waals surface area contributed by atoms with Gasteiger partial charge in [0.2, 0.25) is 5.89 Å². The Bertz CT molecular complexity index is 952. The highest BCUT2D eigenvalue weighted by Crippen LogP contribution is 2.24. The number of amides is 1. The van der Waals surface area contributed by atoms with E-state index >= 15 is 0 Å². The smallest absolute Gasteiger partial charge is 0.256 e. The monoisotopic (exact) mass is 396 g/mol. The molecule has 0 aliphatic carbocycles. The van der Waals surface area contributed by atoms with Crippen LogP contribution in [0.2, 0.25) is 5.02 Å². The highest BCUT2D eigenvalue weighted by atomic mass is 35.5. The van der Waals surface area contributed by atoms with Crippen LogP contribution < -0.4 is 5.32 Å². The van der Waals surface area contributed by atoms with E-state index in [1.807, 2.05) is 41.3 Å². The number of hydrogen-bond acceptors (Lipinski definition) is 5. The van der Waals surface area contributed by atoms with Crippen molar-refractivity contribution in [2.24, 2.45) is 0 Å². The molecule has 1 amide bonds. The van der Waals surface area contributed by atoms with Crippen molar-refractivity contribution in [3.63, 3.8) is 0 Å². The number of rotatable bonds is 6. The van der Waals surface area contributed by atoms with Crippen LogP contribution >= 0.6 is 11.6 Å². The molecule has 0 bridgehead atoms. The third-order valence-electron chi connectivity index (χ3n) is 4.75. The van der Waals surface area contributed by atoms with Crippen molar-refractivity contribution in [1.29, 1.82) is 0 Å². The molecule has 7 heteroatoms. The molecule has 1 saturated heterocycles. The first kappa shape index (κ1) is 18.5. The van der Waals surface area contributed by atoms with Crippen LogP contribution in [0, 0.1) is 0 Å². The lowest BCUT2D eigenvalue weighted by Gasteiger charge is -2.18. The van der Waals surface area contributed by atoms with Crippen LogP contribution in [0.4, 0.5) is 5.69 Å². The molecule has 1 fully saturated rings. The summed E-state index contributed by atoms with van der Waals surface area (Å²) in [5, 5.41) is 7.81. The fourth-order valence-corrected chi connectivity index (χ4v) is 3.49. The van der Waals surface area contributed by atoms with Gasteiger partial charge < -0.3 is 14.7 Å². The van der Waals surface area contributed by atoms with Gasteiger partial charge in [-0.1, -0.05) is 47.1 Å². The Morgan fingerprint density at radius 2 is 1.93 bits per heavy atom. The van der Waals surface area contributed by atoms with E-state index in [4.69, 9.17) is 16.1 Å². The fraction of sp³-hybridized carbons (Fsp3) is 0.286. The number of nitrogens with one attached hydrogen (secondary N) is 1. The summed E-state index contributed by atoms with van der Waals surface area (Å²) in [5.74, 6) is 1.10. The van der Waals surface area contributed by atoms with Gasteiger partial charge in [0.1, 0.15) is 0 Å². The SMILES string of the molecule is O=C(c1cc(Cl)ccc1NCc1nc(Cc2ccccc2)no1)N1CCCC1. The number of likely N-dealkylation sites (tertiary alicyclic amines) is 1. The van der Waals surface area contributed by atoms with Crippen LogP contribution in [0.1, 0.15) is 40.5 Å². The fourth-order valence-electron chi connectivity index (χ4n) is 3.32. The quantitative estimate of drug-likeness (QED) is 0.677. The molecule has 6 nitrogen and oxygen atoms in total. The zero-order valence-corrected chi connectivity index (χ0v) is 16.2. The van der Waals surface area contributed by atoms with E-state index in [9.17, 15) is 4.79 Å². The Balaban J connectivity index is 1.44. The van der Waals surface area contributed by atoms with Crippen LogP contribution in [-0.2, 0) is 13.0 Å². The standard InChI is InChI=1S/C21H21ClN4O2/c22-16-8-9-18(17(13-16)21(27)26-10-4-5-11-26)23-14-20-24-19(25-28-20)12-15-6-2-1-3-7-15/h1-3,6-9,13,23H,4-5,10-12,14H2. The Labute approximate surface area is 168 Å². The predicted molar refractivity (Wildman–Crippen MR) is 107 cm³/mol. The van der Waals surface area contributed by atoms with Crippen LogP contribution in [0.5, 0.6) is 0 Å². The maximum absolute atomic E-state index is 12.8. The lowest BCUT2D eigenvalue weighted by Crippen LogP contribution is -2.28.